The van der Waals surface area contributed by atoms with Crippen molar-refractivity contribution in [2.45, 2.75) is 88.1 Å². The van der Waals surface area contributed by atoms with Crippen LogP contribution in [0.15, 0.2) is 30.0 Å². The van der Waals surface area contributed by atoms with E-state index in [9.17, 15) is 19.1 Å². The van der Waals surface area contributed by atoms with Gasteiger partial charge in [-0.05, 0) is 29.9 Å². The van der Waals surface area contributed by atoms with E-state index in [1.807, 2.05) is 33.9 Å². The Morgan fingerprint density at radius 2 is 1.75 bits per heavy atom. The SMILES string of the molecule is CC(C)(C)[Si](C)(C)O[C@H]1[C@H]2OP(=O)(O)OC[C@H]3O[C@@H](n4cnc5c(N)ncnc54)[C@H](F)[C@@H]3OP(O)(=S)OC[C@H]1O[C@H]2n1cc(F)c2c(=O)[nH]cnc21. The number of aromatic amines is 1. The van der Waals surface area contributed by atoms with E-state index in [-0.39, 0.29) is 22.6 Å². The summed E-state index contributed by atoms with van der Waals surface area (Å²) in [6, 6.07) is 0. The topological polar surface area (TPSA) is 242 Å². The molecular formula is C27H36F2N8O11P2SSi. The number of H-pyrrole nitrogens is 1. The van der Waals surface area contributed by atoms with E-state index in [2.05, 4.69) is 24.9 Å². The summed E-state index contributed by atoms with van der Waals surface area (Å²) in [6.07, 6.45) is -7.86. The number of hydrogen-bond donors (Lipinski definition) is 4. The zero-order valence-electron chi connectivity index (χ0n) is 28.2. The minimum absolute atomic E-state index is 0.0288. The Bertz CT molecular complexity index is 2170. The summed E-state index contributed by atoms with van der Waals surface area (Å²) in [5, 5.41) is -0.804. The lowest BCUT2D eigenvalue weighted by Crippen LogP contribution is -2.50. The van der Waals surface area contributed by atoms with Gasteiger partial charge in [0.25, 0.3) is 5.56 Å². The summed E-state index contributed by atoms with van der Waals surface area (Å²) in [5.74, 6) is -0.925. The molecule has 3 aliphatic rings. The predicted molar refractivity (Wildman–Crippen MR) is 183 cm³/mol. The van der Waals surface area contributed by atoms with Gasteiger partial charge in [-0.1, -0.05) is 20.8 Å². The maximum Gasteiger partial charge on any atom is 0.472 e. The van der Waals surface area contributed by atoms with Gasteiger partial charge < -0.3 is 43.5 Å². The average molecular weight is 809 g/mol. The number of fused-ring (bicyclic) bond motifs is 5. The Morgan fingerprint density at radius 3 is 2.48 bits per heavy atom. The number of aromatic nitrogens is 7. The van der Waals surface area contributed by atoms with E-state index < -0.39 is 107 Å². The highest BCUT2D eigenvalue weighted by atomic mass is 32.5. The number of ether oxygens (including phenoxy) is 2. The first kappa shape index (κ1) is 37.7. The van der Waals surface area contributed by atoms with Crippen molar-refractivity contribution in [3.8, 4) is 0 Å². The second-order valence-electron chi connectivity index (χ2n) is 14.0. The lowest BCUT2D eigenvalue weighted by Gasteiger charge is -2.40. The number of nitrogen functional groups attached to an aromatic ring is 1. The van der Waals surface area contributed by atoms with Crippen molar-refractivity contribution in [2.75, 3.05) is 18.9 Å². The molecule has 3 saturated heterocycles. The van der Waals surface area contributed by atoms with Crippen LogP contribution in [-0.2, 0) is 48.4 Å². The molecule has 7 rings (SSSR count). The fraction of sp³-hybridized carbons (Fsp3) is 0.593. The van der Waals surface area contributed by atoms with Crippen molar-refractivity contribution < 1.29 is 55.1 Å². The van der Waals surface area contributed by atoms with Crippen molar-refractivity contribution >= 4 is 62.7 Å². The molecule has 19 nitrogen and oxygen atoms in total. The zero-order valence-corrected chi connectivity index (χ0v) is 31.8. The summed E-state index contributed by atoms with van der Waals surface area (Å²) in [7, 11) is -7.94. The van der Waals surface area contributed by atoms with Crippen LogP contribution in [0.5, 0.6) is 0 Å². The number of anilines is 1. The second kappa shape index (κ2) is 13.3. The van der Waals surface area contributed by atoms with Gasteiger partial charge in [0.05, 0.1) is 25.9 Å². The number of rotatable bonds is 4. The van der Waals surface area contributed by atoms with Crippen LogP contribution in [0, 0.1) is 5.82 Å². The van der Waals surface area contributed by atoms with Crippen LogP contribution >= 0.6 is 14.5 Å². The van der Waals surface area contributed by atoms with Crippen molar-refractivity contribution in [3.63, 3.8) is 0 Å². The van der Waals surface area contributed by atoms with Gasteiger partial charge in [-0.15, -0.1) is 0 Å². The first-order valence-corrected chi connectivity index (χ1v) is 22.9. The Labute approximate surface area is 299 Å². The number of phosphoric ester groups is 1. The van der Waals surface area contributed by atoms with E-state index in [0.717, 1.165) is 23.4 Å². The van der Waals surface area contributed by atoms with E-state index in [0.29, 0.717) is 0 Å². The van der Waals surface area contributed by atoms with Crippen LogP contribution in [0.3, 0.4) is 0 Å². The van der Waals surface area contributed by atoms with Crippen LogP contribution in [0.2, 0.25) is 18.1 Å². The molecule has 5 N–H and O–H groups in total. The minimum Gasteiger partial charge on any atom is -0.408 e. The molecule has 284 valence electrons. The summed E-state index contributed by atoms with van der Waals surface area (Å²) >= 11 is 5.32. The standard InChI is InChI=1S/C27H36F2N8O11P2SSi/c1-27(2,3)52(4,5)48-19-14-8-43-50(41,51)47-18-13(44-25(16(18)29)37-11-35-17-21(30)31-9-33-23(17)37)7-42-49(39,40)46-20(19)26(45-14)36-6-12(28)15-22(36)32-10-34-24(15)38/h6,9-11,13-14,16,18-20,25-26H,7-8H2,1-5H3,(H,39,40)(H,41,51)(H2,30,31,33)(H,32,34,38)/t13-,14-,16-,18-,19-,20-,25-,26-,50?/m1/s1. The number of nitrogens with zero attached hydrogens (tertiary/aromatic N) is 6. The number of nitrogens with one attached hydrogen (secondary N) is 1. The van der Waals surface area contributed by atoms with Crippen LogP contribution in [-0.4, -0.2) is 102 Å². The monoisotopic (exact) mass is 808 g/mol. The molecule has 0 aliphatic carbocycles. The van der Waals surface area contributed by atoms with Gasteiger partial charge in [0, 0.05) is 6.20 Å². The number of hydrogen-bond acceptors (Lipinski definition) is 15. The quantitative estimate of drug-likeness (QED) is 0.171. The highest BCUT2D eigenvalue weighted by Crippen LogP contribution is 2.55. The Balaban J connectivity index is 1.27. The van der Waals surface area contributed by atoms with Crippen LogP contribution < -0.4 is 11.3 Å². The van der Waals surface area contributed by atoms with Gasteiger partial charge in [-0.25, -0.2) is 33.3 Å². The van der Waals surface area contributed by atoms with E-state index in [1.54, 1.807) is 0 Å². The Morgan fingerprint density at radius 1 is 1.04 bits per heavy atom. The summed E-state index contributed by atoms with van der Waals surface area (Å²) in [6.45, 7) is 3.94. The number of imidazole rings is 1. The molecule has 0 saturated carbocycles. The molecule has 0 radical (unpaired) electrons. The van der Waals surface area contributed by atoms with Crippen LogP contribution in [0.25, 0.3) is 22.2 Å². The van der Waals surface area contributed by atoms with Gasteiger partial charge in [0.2, 0.25) is 0 Å². The summed E-state index contributed by atoms with van der Waals surface area (Å²) in [5.41, 5.74) is 5.21. The van der Waals surface area contributed by atoms with E-state index >= 15 is 8.78 Å². The minimum atomic E-state index is -5.16. The fourth-order valence-corrected chi connectivity index (χ4v) is 9.70. The number of phosphoric acid groups is 1. The first-order chi connectivity index (χ1) is 24.3. The fourth-order valence-electron chi connectivity index (χ4n) is 6.02. The molecule has 52 heavy (non-hydrogen) atoms. The van der Waals surface area contributed by atoms with E-state index in [1.165, 1.54) is 10.9 Å². The summed E-state index contributed by atoms with van der Waals surface area (Å²) < 4.78 is 89.1. The molecular weight excluding hydrogens is 772 g/mol. The molecule has 0 aromatic carbocycles. The third-order valence-corrected chi connectivity index (χ3v) is 16.6. The Hall–Kier alpha value is -2.63. The van der Waals surface area contributed by atoms with Gasteiger partial charge in [-0.3, -0.25) is 22.9 Å². The third kappa shape index (κ3) is 6.80. The number of alkyl halides is 1. The third-order valence-electron chi connectivity index (χ3n) is 9.61. The lowest BCUT2D eigenvalue weighted by molar-refractivity contribution is -0.0641. The molecule has 2 bridgehead atoms. The lowest BCUT2D eigenvalue weighted by atomic mass is 10.1. The molecule has 10 atom stereocenters. The molecule has 7 heterocycles. The molecule has 4 aromatic heterocycles. The van der Waals surface area contributed by atoms with Crippen molar-refractivity contribution in [3.05, 3.63) is 41.3 Å². The van der Waals surface area contributed by atoms with Gasteiger partial charge >= 0.3 is 14.5 Å². The smallest absolute Gasteiger partial charge is 0.408 e. The van der Waals surface area contributed by atoms with Gasteiger partial charge in [0.1, 0.15) is 47.8 Å². The van der Waals surface area contributed by atoms with Crippen molar-refractivity contribution in [1.29, 1.82) is 0 Å². The zero-order chi connectivity index (χ0) is 37.5. The molecule has 3 aliphatic heterocycles. The highest BCUT2D eigenvalue weighted by Gasteiger charge is 2.56. The number of nitrogens with two attached hydrogens (primary N) is 1. The maximum atomic E-state index is 16.3. The van der Waals surface area contributed by atoms with E-state index in [4.69, 9.17) is 49.5 Å². The molecule has 25 heteroatoms. The first-order valence-electron chi connectivity index (χ1n) is 15.9. The van der Waals surface area contributed by atoms with Crippen molar-refractivity contribution in [2.24, 2.45) is 0 Å². The normalized spacial score (nSPS) is 34.9. The molecule has 0 spiro atoms. The molecule has 4 aromatic rings. The second-order valence-corrected chi connectivity index (χ2v) is 22.9. The average Bonchev–Trinajstić information content (AvgIpc) is 3.79. The predicted octanol–water partition coefficient (Wildman–Crippen LogP) is 2.94. The Kier molecular flexibility index (Phi) is 9.63. The molecule has 0 amide bonds. The van der Waals surface area contributed by atoms with Crippen molar-refractivity contribution in [1.82, 2.24) is 34.1 Å². The largest absolute Gasteiger partial charge is 0.472 e. The maximum absolute atomic E-state index is 16.3. The van der Waals surface area contributed by atoms with Gasteiger partial charge in [-0.2, -0.15) is 0 Å². The molecule has 2 unspecified atom stereocenters. The molecule has 3 fully saturated rings. The highest BCUT2D eigenvalue weighted by molar-refractivity contribution is 8.07. The number of halogens is 2. The summed E-state index contributed by atoms with van der Waals surface area (Å²) in [4.78, 5) is 53.5. The van der Waals surface area contributed by atoms with Crippen LogP contribution in [0.4, 0.5) is 14.6 Å². The van der Waals surface area contributed by atoms with Crippen LogP contribution in [0.1, 0.15) is 33.2 Å². The van der Waals surface area contributed by atoms with Gasteiger partial charge in [0.15, 0.2) is 49.9 Å².